The second-order valence-corrected chi connectivity index (χ2v) is 5.94. The van der Waals surface area contributed by atoms with Crippen LogP contribution in [0.15, 0.2) is 30.6 Å². The van der Waals surface area contributed by atoms with E-state index in [1.165, 1.54) is 4.88 Å². The number of hydrogen-bond acceptors (Lipinski definition) is 5. The Bertz CT molecular complexity index is 772. The first-order valence-electron chi connectivity index (χ1n) is 5.99. The summed E-state index contributed by atoms with van der Waals surface area (Å²) in [6.45, 7) is 2.05. The van der Waals surface area contributed by atoms with Crippen molar-refractivity contribution in [2.75, 3.05) is 12.4 Å². The fourth-order valence-electron chi connectivity index (χ4n) is 1.98. The van der Waals surface area contributed by atoms with E-state index in [1.807, 2.05) is 12.1 Å². The van der Waals surface area contributed by atoms with Gasteiger partial charge in [-0.15, -0.1) is 11.3 Å². The number of fused-ring (bicyclic) bond motifs is 1. The molecule has 0 amide bonds. The molecule has 0 aliphatic heterocycles. The van der Waals surface area contributed by atoms with Crippen LogP contribution in [0.2, 0.25) is 5.02 Å². The fraction of sp³-hybridized carbons (Fsp3) is 0.143. The Morgan fingerprint density at radius 2 is 2.10 bits per heavy atom. The van der Waals surface area contributed by atoms with E-state index in [2.05, 4.69) is 28.3 Å². The summed E-state index contributed by atoms with van der Waals surface area (Å²) in [5.74, 6) is 1.47. The lowest BCUT2D eigenvalue weighted by molar-refractivity contribution is 0.417. The highest BCUT2D eigenvalue weighted by Gasteiger charge is 2.10. The first kappa shape index (κ1) is 13.1. The molecule has 1 N–H and O–H groups in total. The summed E-state index contributed by atoms with van der Waals surface area (Å²) in [4.78, 5) is 10.7. The van der Waals surface area contributed by atoms with Gasteiger partial charge in [-0.1, -0.05) is 11.6 Å². The van der Waals surface area contributed by atoms with Crippen LogP contribution in [0, 0.1) is 6.92 Å². The van der Waals surface area contributed by atoms with E-state index in [1.54, 1.807) is 30.8 Å². The summed E-state index contributed by atoms with van der Waals surface area (Å²) in [6, 6.07) is 7.49. The molecular weight excluding hydrogens is 294 g/mol. The number of rotatable bonds is 3. The van der Waals surface area contributed by atoms with Crippen molar-refractivity contribution in [3.8, 4) is 5.75 Å². The maximum Gasteiger partial charge on any atom is 0.142 e. The van der Waals surface area contributed by atoms with Crippen LogP contribution in [-0.4, -0.2) is 17.1 Å². The molecule has 0 aliphatic carbocycles. The number of nitrogens with one attached hydrogen (secondary N) is 1. The average Bonchev–Trinajstić information content (AvgIpc) is 2.80. The molecule has 0 fully saturated rings. The third-order valence-corrected chi connectivity index (χ3v) is 4.06. The van der Waals surface area contributed by atoms with E-state index < -0.39 is 0 Å². The first-order valence-corrected chi connectivity index (χ1v) is 7.18. The van der Waals surface area contributed by atoms with Gasteiger partial charge < -0.3 is 10.1 Å². The highest BCUT2D eigenvalue weighted by atomic mass is 35.5. The maximum atomic E-state index is 6.04. The molecule has 2 heterocycles. The third kappa shape index (κ3) is 2.42. The minimum Gasteiger partial charge on any atom is -0.495 e. The largest absolute Gasteiger partial charge is 0.495 e. The molecule has 102 valence electrons. The highest BCUT2D eigenvalue weighted by Crippen LogP contribution is 2.33. The predicted octanol–water partition coefficient (Wildman–Crippen LogP) is 4.41. The normalized spacial score (nSPS) is 10.8. The smallest absolute Gasteiger partial charge is 0.142 e. The molecule has 0 saturated heterocycles. The maximum absolute atomic E-state index is 6.04. The second kappa shape index (κ2) is 5.26. The number of nitrogens with zero attached hydrogens (tertiary/aromatic N) is 2. The number of halogens is 1. The van der Waals surface area contributed by atoms with Gasteiger partial charge in [0, 0.05) is 9.90 Å². The van der Waals surface area contributed by atoms with Crippen LogP contribution in [0.3, 0.4) is 0 Å². The quantitative estimate of drug-likeness (QED) is 0.779. The van der Waals surface area contributed by atoms with Gasteiger partial charge in [0.25, 0.3) is 0 Å². The van der Waals surface area contributed by atoms with Crippen molar-refractivity contribution < 1.29 is 4.74 Å². The lowest BCUT2D eigenvalue weighted by Crippen LogP contribution is -1.97. The number of hydrogen-bond donors (Lipinski definition) is 1. The molecule has 0 spiro atoms. The number of methoxy groups -OCH3 is 1. The molecule has 0 radical (unpaired) electrons. The number of thiophene rings is 1. The van der Waals surface area contributed by atoms with Crippen molar-refractivity contribution in [3.05, 3.63) is 40.5 Å². The Morgan fingerprint density at radius 3 is 2.90 bits per heavy atom. The predicted molar refractivity (Wildman–Crippen MR) is 83.4 cm³/mol. The van der Waals surface area contributed by atoms with E-state index in [4.69, 9.17) is 16.3 Å². The standard InChI is InChI=1S/C14H12ClN3OS/c1-8-5-10-13(16-7-17-14(10)20-8)18-11-6-9(15)3-4-12(11)19-2/h3-7H,1-2H3,(H,16,17,18). The molecule has 3 rings (SSSR count). The summed E-state index contributed by atoms with van der Waals surface area (Å²) >= 11 is 7.68. The van der Waals surface area contributed by atoms with Crippen LogP contribution in [0.1, 0.15) is 4.88 Å². The van der Waals surface area contributed by atoms with Crippen molar-refractivity contribution in [2.45, 2.75) is 6.92 Å². The van der Waals surface area contributed by atoms with Gasteiger partial charge in [0.15, 0.2) is 0 Å². The summed E-state index contributed by atoms with van der Waals surface area (Å²) in [6.07, 6.45) is 1.55. The van der Waals surface area contributed by atoms with Crippen LogP contribution in [0.25, 0.3) is 10.2 Å². The molecule has 0 unspecified atom stereocenters. The average molecular weight is 306 g/mol. The molecule has 1 aromatic carbocycles. The minimum atomic E-state index is 0.639. The molecule has 0 aliphatic rings. The third-order valence-electron chi connectivity index (χ3n) is 2.87. The summed E-state index contributed by atoms with van der Waals surface area (Å²) in [7, 11) is 1.62. The number of ether oxygens (including phenoxy) is 1. The molecule has 6 heteroatoms. The second-order valence-electron chi connectivity index (χ2n) is 4.27. The van der Waals surface area contributed by atoms with E-state index >= 15 is 0 Å². The highest BCUT2D eigenvalue weighted by molar-refractivity contribution is 7.18. The number of aryl methyl sites for hydroxylation is 1. The molecule has 0 bridgehead atoms. The molecular formula is C14H12ClN3OS. The minimum absolute atomic E-state index is 0.639. The number of benzene rings is 1. The van der Waals surface area contributed by atoms with Gasteiger partial charge in [-0.3, -0.25) is 0 Å². The van der Waals surface area contributed by atoms with E-state index in [9.17, 15) is 0 Å². The fourth-order valence-corrected chi connectivity index (χ4v) is 3.00. The van der Waals surface area contributed by atoms with Gasteiger partial charge in [-0.2, -0.15) is 0 Å². The van der Waals surface area contributed by atoms with Gasteiger partial charge in [0.2, 0.25) is 0 Å². The molecule has 4 nitrogen and oxygen atoms in total. The Balaban J connectivity index is 2.07. The molecule has 20 heavy (non-hydrogen) atoms. The van der Waals surface area contributed by atoms with Gasteiger partial charge >= 0.3 is 0 Å². The van der Waals surface area contributed by atoms with E-state index in [-0.39, 0.29) is 0 Å². The Kier molecular flexibility index (Phi) is 3.46. The lowest BCUT2D eigenvalue weighted by Gasteiger charge is -2.11. The van der Waals surface area contributed by atoms with Crippen molar-refractivity contribution in [2.24, 2.45) is 0 Å². The summed E-state index contributed by atoms with van der Waals surface area (Å²) in [5, 5.41) is 4.90. The van der Waals surface area contributed by atoms with Crippen molar-refractivity contribution in [3.63, 3.8) is 0 Å². The number of aromatic nitrogens is 2. The molecule has 0 saturated carbocycles. The lowest BCUT2D eigenvalue weighted by atomic mass is 10.2. The Labute approximate surface area is 125 Å². The monoisotopic (exact) mass is 305 g/mol. The Morgan fingerprint density at radius 1 is 1.25 bits per heavy atom. The van der Waals surface area contributed by atoms with Gasteiger partial charge in [-0.25, -0.2) is 9.97 Å². The zero-order valence-corrected chi connectivity index (χ0v) is 12.5. The van der Waals surface area contributed by atoms with Crippen molar-refractivity contribution >= 4 is 44.7 Å². The number of anilines is 2. The van der Waals surface area contributed by atoms with Crippen LogP contribution < -0.4 is 10.1 Å². The van der Waals surface area contributed by atoms with Crippen molar-refractivity contribution in [1.82, 2.24) is 9.97 Å². The first-order chi connectivity index (χ1) is 9.67. The summed E-state index contributed by atoms with van der Waals surface area (Å²) in [5.41, 5.74) is 0.781. The van der Waals surface area contributed by atoms with Gasteiger partial charge in [-0.05, 0) is 31.2 Å². The topological polar surface area (TPSA) is 47.0 Å². The molecule has 0 atom stereocenters. The van der Waals surface area contributed by atoms with Crippen LogP contribution in [0.5, 0.6) is 5.75 Å². The van der Waals surface area contributed by atoms with E-state index in [0.717, 1.165) is 21.7 Å². The SMILES string of the molecule is COc1ccc(Cl)cc1Nc1ncnc2sc(C)cc12. The van der Waals surface area contributed by atoms with Crippen molar-refractivity contribution in [1.29, 1.82) is 0 Å². The zero-order valence-electron chi connectivity index (χ0n) is 11.0. The van der Waals surface area contributed by atoms with Crippen LogP contribution in [-0.2, 0) is 0 Å². The van der Waals surface area contributed by atoms with Crippen LogP contribution >= 0.6 is 22.9 Å². The van der Waals surface area contributed by atoms with E-state index in [0.29, 0.717) is 10.8 Å². The van der Waals surface area contributed by atoms with Gasteiger partial charge in [0.05, 0.1) is 18.2 Å². The Hall–Kier alpha value is -1.85. The summed E-state index contributed by atoms with van der Waals surface area (Å²) < 4.78 is 5.33. The molecule has 3 aromatic rings. The molecule has 2 aromatic heterocycles. The van der Waals surface area contributed by atoms with Crippen LogP contribution in [0.4, 0.5) is 11.5 Å². The van der Waals surface area contributed by atoms with Gasteiger partial charge in [0.1, 0.15) is 22.7 Å². The zero-order chi connectivity index (χ0) is 14.1.